The molecule has 2 unspecified atom stereocenters. The van der Waals surface area contributed by atoms with E-state index in [-0.39, 0.29) is 23.1 Å². The van der Waals surface area contributed by atoms with Gasteiger partial charge in [-0.15, -0.1) is 11.8 Å². The zero-order valence-corrected chi connectivity index (χ0v) is 18.8. The van der Waals surface area contributed by atoms with E-state index in [1.54, 1.807) is 31.2 Å². The van der Waals surface area contributed by atoms with Gasteiger partial charge in [0.15, 0.2) is 15.1 Å². The summed E-state index contributed by atoms with van der Waals surface area (Å²) in [5.41, 5.74) is 1.22. The molecule has 1 saturated heterocycles. The first-order valence-corrected chi connectivity index (χ1v) is 12.3. The number of thioether (sulfide) groups is 1. The van der Waals surface area contributed by atoms with Gasteiger partial charge in [-0.1, -0.05) is 25.1 Å². The van der Waals surface area contributed by atoms with Crippen molar-refractivity contribution in [3.63, 3.8) is 0 Å². The van der Waals surface area contributed by atoms with Crippen LogP contribution < -0.4 is 16.0 Å². The van der Waals surface area contributed by atoms with Crippen LogP contribution in [0.1, 0.15) is 18.1 Å². The minimum absolute atomic E-state index is 0.0106. The van der Waals surface area contributed by atoms with E-state index >= 15 is 0 Å². The highest BCUT2D eigenvalue weighted by Gasteiger charge is 2.38. The third kappa shape index (κ3) is 5.63. The van der Waals surface area contributed by atoms with Crippen LogP contribution in [0.25, 0.3) is 0 Å². The van der Waals surface area contributed by atoms with Crippen LogP contribution in [0.3, 0.4) is 0 Å². The van der Waals surface area contributed by atoms with Crippen LogP contribution >= 0.6 is 11.8 Å². The zero-order valence-electron chi connectivity index (χ0n) is 17.1. The Bertz CT molecular complexity index is 1070. The highest BCUT2D eigenvalue weighted by atomic mass is 32.2. The molecular formula is C21H24FN3O4S2. The molecule has 1 heterocycles. The Morgan fingerprint density at radius 2 is 1.94 bits per heavy atom. The van der Waals surface area contributed by atoms with Crippen LogP contribution in [-0.4, -0.2) is 43.3 Å². The van der Waals surface area contributed by atoms with Crippen molar-refractivity contribution in [2.45, 2.75) is 35.9 Å². The lowest BCUT2D eigenvalue weighted by molar-refractivity contribution is -0.122. The molecule has 0 saturated carbocycles. The van der Waals surface area contributed by atoms with Crippen LogP contribution in [-0.2, 0) is 25.8 Å². The fourth-order valence-corrected chi connectivity index (χ4v) is 5.35. The molecule has 2 aromatic rings. The number of nitrogens with one attached hydrogen (secondary N) is 3. The van der Waals surface area contributed by atoms with Gasteiger partial charge >= 0.3 is 0 Å². The summed E-state index contributed by atoms with van der Waals surface area (Å²) in [4.78, 5) is 24.7. The maximum Gasteiger partial charge on any atom is 0.241 e. The summed E-state index contributed by atoms with van der Waals surface area (Å²) < 4.78 is 39.2. The van der Waals surface area contributed by atoms with Crippen molar-refractivity contribution in [1.82, 2.24) is 10.6 Å². The second kappa shape index (κ2) is 9.80. The van der Waals surface area contributed by atoms with Gasteiger partial charge in [0.25, 0.3) is 0 Å². The van der Waals surface area contributed by atoms with E-state index in [1.807, 2.05) is 6.92 Å². The van der Waals surface area contributed by atoms with Crippen molar-refractivity contribution >= 4 is 39.1 Å². The topological polar surface area (TPSA) is 104 Å². The third-order valence-electron chi connectivity index (χ3n) is 4.93. The monoisotopic (exact) mass is 465 g/mol. The average Bonchev–Trinajstić information content (AvgIpc) is 2.75. The molecule has 7 nitrogen and oxygen atoms in total. The number of rotatable bonds is 7. The molecule has 1 aliphatic heterocycles. The molecule has 166 valence electrons. The van der Waals surface area contributed by atoms with Gasteiger partial charge in [-0.3, -0.25) is 14.9 Å². The number of hydrogen-bond donors (Lipinski definition) is 3. The number of halogens is 1. The Kier molecular flexibility index (Phi) is 7.34. The minimum atomic E-state index is -3.84. The Balaban J connectivity index is 1.54. The number of benzene rings is 2. The predicted octanol–water partition coefficient (Wildman–Crippen LogP) is 2.21. The number of carbonyl (C=O) groups excluding carboxylic acids is 2. The molecule has 0 aliphatic carbocycles. The van der Waals surface area contributed by atoms with E-state index in [1.165, 1.54) is 18.2 Å². The van der Waals surface area contributed by atoms with E-state index in [0.717, 1.165) is 23.7 Å². The molecule has 3 rings (SSSR count). The lowest BCUT2D eigenvalue weighted by Gasteiger charge is -2.29. The van der Waals surface area contributed by atoms with Gasteiger partial charge < -0.3 is 10.6 Å². The summed E-state index contributed by atoms with van der Waals surface area (Å²) >= 11 is 1.11. The van der Waals surface area contributed by atoms with Crippen LogP contribution in [0.15, 0.2) is 47.4 Å². The first kappa shape index (κ1) is 23.2. The fraction of sp³-hybridized carbons (Fsp3) is 0.333. The number of hydrogen-bond acceptors (Lipinski definition) is 6. The highest BCUT2D eigenvalue weighted by molar-refractivity contribution is 8.00. The number of anilines is 1. The Morgan fingerprint density at radius 1 is 1.23 bits per heavy atom. The minimum Gasteiger partial charge on any atom is -0.331 e. The summed E-state index contributed by atoms with van der Waals surface area (Å²) in [7, 11) is -3.84. The van der Waals surface area contributed by atoms with E-state index < -0.39 is 32.3 Å². The summed E-state index contributed by atoms with van der Waals surface area (Å²) in [6, 6.07) is 10.9. The quantitative estimate of drug-likeness (QED) is 0.579. The molecule has 10 heteroatoms. The largest absolute Gasteiger partial charge is 0.331 e. The van der Waals surface area contributed by atoms with Crippen molar-refractivity contribution in [3.05, 3.63) is 59.4 Å². The molecule has 0 spiro atoms. The molecule has 0 radical (unpaired) electrons. The number of carbonyl (C=O) groups is 2. The molecular weight excluding hydrogens is 441 g/mol. The molecule has 2 atom stereocenters. The van der Waals surface area contributed by atoms with Crippen LogP contribution in [0.2, 0.25) is 0 Å². The second-order valence-electron chi connectivity index (χ2n) is 7.15. The first-order chi connectivity index (χ1) is 14.7. The molecule has 0 aromatic heterocycles. The van der Waals surface area contributed by atoms with Gasteiger partial charge in [0.05, 0.1) is 10.6 Å². The van der Waals surface area contributed by atoms with Gasteiger partial charge in [0.1, 0.15) is 11.3 Å². The zero-order chi connectivity index (χ0) is 22.6. The van der Waals surface area contributed by atoms with Crippen molar-refractivity contribution in [1.29, 1.82) is 0 Å². The summed E-state index contributed by atoms with van der Waals surface area (Å²) in [5.74, 6) is -1.40. The van der Waals surface area contributed by atoms with Gasteiger partial charge in [0, 0.05) is 12.2 Å². The van der Waals surface area contributed by atoms with Gasteiger partial charge in [-0.2, -0.15) is 0 Å². The van der Waals surface area contributed by atoms with Gasteiger partial charge in [0.2, 0.25) is 11.8 Å². The molecule has 3 N–H and O–H groups in total. The Labute approximate surface area is 185 Å². The maximum atomic E-state index is 13.6. The van der Waals surface area contributed by atoms with Crippen molar-refractivity contribution in [2.75, 3.05) is 17.6 Å². The van der Waals surface area contributed by atoms with E-state index in [0.29, 0.717) is 11.3 Å². The van der Waals surface area contributed by atoms with Gasteiger partial charge in [-0.05, 0) is 48.7 Å². The second-order valence-corrected chi connectivity index (χ2v) is 10.4. The fourth-order valence-electron chi connectivity index (χ4n) is 3.04. The van der Waals surface area contributed by atoms with Crippen LogP contribution in [0, 0.1) is 12.7 Å². The summed E-state index contributed by atoms with van der Waals surface area (Å²) in [6.45, 7) is 3.53. The first-order valence-electron chi connectivity index (χ1n) is 9.75. The number of amides is 2. The molecule has 2 amide bonds. The van der Waals surface area contributed by atoms with E-state index in [2.05, 4.69) is 16.0 Å². The molecule has 1 aliphatic rings. The lowest BCUT2D eigenvalue weighted by Crippen LogP contribution is -2.59. The van der Waals surface area contributed by atoms with Crippen molar-refractivity contribution < 1.29 is 22.4 Å². The Morgan fingerprint density at radius 3 is 2.55 bits per heavy atom. The van der Waals surface area contributed by atoms with Crippen molar-refractivity contribution in [2.24, 2.45) is 0 Å². The maximum absolute atomic E-state index is 13.6. The normalized spacial score (nSPS) is 19.0. The third-order valence-corrected chi connectivity index (χ3v) is 8.03. The molecule has 1 fully saturated rings. The molecule has 0 bridgehead atoms. The van der Waals surface area contributed by atoms with Crippen molar-refractivity contribution in [3.8, 4) is 0 Å². The highest BCUT2D eigenvalue weighted by Crippen LogP contribution is 2.21. The van der Waals surface area contributed by atoms with Crippen LogP contribution in [0.4, 0.5) is 10.1 Å². The smallest absolute Gasteiger partial charge is 0.241 e. The van der Waals surface area contributed by atoms with Crippen LogP contribution in [0.5, 0.6) is 0 Å². The molecule has 2 aromatic carbocycles. The SMILES string of the molecule is CCc1ccc(S(=O)(=O)C2CNC(SCC(=O)Nc3ccc(C)c(F)c3)NC2=O)cc1. The van der Waals surface area contributed by atoms with E-state index in [4.69, 9.17) is 0 Å². The van der Waals surface area contributed by atoms with E-state index in [9.17, 15) is 22.4 Å². The number of sulfone groups is 1. The Hall–Kier alpha value is -2.43. The predicted molar refractivity (Wildman–Crippen MR) is 119 cm³/mol. The summed E-state index contributed by atoms with van der Waals surface area (Å²) in [6.07, 6.45) is 0.789. The standard InChI is InChI=1S/C21H24FN3O4S2/c1-3-14-5-8-16(9-6-14)31(28,29)18-11-23-21(25-20(18)27)30-12-19(26)24-15-7-4-13(2)17(22)10-15/h4-10,18,21,23H,3,11-12H2,1-2H3,(H,24,26)(H,25,27). The lowest BCUT2D eigenvalue weighted by atomic mass is 10.2. The van der Waals surface area contributed by atoms with Gasteiger partial charge in [-0.25, -0.2) is 12.8 Å². The number of aryl methyl sites for hydroxylation is 2. The summed E-state index contributed by atoms with van der Waals surface area (Å²) in [5, 5.41) is 6.88. The average molecular weight is 466 g/mol. The molecule has 31 heavy (non-hydrogen) atoms.